The van der Waals surface area contributed by atoms with Gasteiger partial charge in [0, 0.05) is 36.7 Å². The number of benzene rings is 1. The molecule has 1 heterocycles. The van der Waals surface area contributed by atoms with Crippen LogP contribution in [0.5, 0.6) is 0 Å². The van der Waals surface area contributed by atoms with Crippen molar-refractivity contribution in [1.29, 1.82) is 0 Å². The fourth-order valence-corrected chi connectivity index (χ4v) is 3.68. The van der Waals surface area contributed by atoms with Crippen LogP contribution in [0, 0.1) is 6.92 Å². The van der Waals surface area contributed by atoms with Crippen LogP contribution < -0.4 is 16.0 Å². The zero-order valence-corrected chi connectivity index (χ0v) is 20.4. The number of halogens is 2. The second-order valence-corrected chi connectivity index (χ2v) is 7.79. The third-order valence-electron chi connectivity index (χ3n) is 4.02. The smallest absolute Gasteiger partial charge is 0.226 e. The second kappa shape index (κ2) is 12.4. The first-order valence-electron chi connectivity index (χ1n) is 8.52. The lowest BCUT2D eigenvalue weighted by molar-refractivity contribution is -0.116. The fourth-order valence-electron chi connectivity index (χ4n) is 2.42. The Bertz CT molecular complexity index is 752. The summed E-state index contributed by atoms with van der Waals surface area (Å²) in [5.41, 5.74) is 3.19. The highest BCUT2D eigenvalue weighted by Gasteiger charge is 2.08. The SMILES string of the molecule is CN=C(NCCC(=O)Nc1ccc(Br)cc1C)NCC(C)c1ccsc1.I. The lowest BCUT2D eigenvalue weighted by Crippen LogP contribution is -2.40. The van der Waals surface area contributed by atoms with Crippen LogP contribution in [-0.4, -0.2) is 32.0 Å². The Morgan fingerprint density at radius 2 is 2.07 bits per heavy atom. The molecule has 0 aliphatic rings. The normalized spacial score (nSPS) is 12.1. The molecule has 5 nitrogen and oxygen atoms in total. The van der Waals surface area contributed by atoms with E-state index in [2.05, 4.69) is 60.6 Å². The summed E-state index contributed by atoms with van der Waals surface area (Å²) in [4.78, 5) is 16.3. The summed E-state index contributed by atoms with van der Waals surface area (Å²) >= 11 is 5.13. The highest BCUT2D eigenvalue weighted by Crippen LogP contribution is 2.20. The predicted octanol–water partition coefficient (Wildman–Crippen LogP) is 4.73. The van der Waals surface area contributed by atoms with Crippen LogP contribution in [0.3, 0.4) is 0 Å². The molecule has 0 saturated carbocycles. The number of thiophene rings is 1. The van der Waals surface area contributed by atoms with Crippen LogP contribution in [0.25, 0.3) is 0 Å². The molecule has 2 rings (SSSR count). The number of guanidine groups is 1. The summed E-state index contributed by atoms with van der Waals surface area (Å²) in [5.74, 6) is 1.09. The number of hydrogen-bond acceptors (Lipinski definition) is 3. The number of rotatable bonds is 7. The van der Waals surface area contributed by atoms with E-state index in [1.54, 1.807) is 18.4 Å². The number of nitrogens with one attached hydrogen (secondary N) is 3. The molecular weight excluding hydrogens is 539 g/mol. The van der Waals surface area contributed by atoms with Crippen molar-refractivity contribution in [2.24, 2.45) is 4.99 Å². The van der Waals surface area contributed by atoms with E-state index >= 15 is 0 Å². The molecule has 0 aliphatic carbocycles. The molecule has 1 unspecified atom stereocenters. The van der Waals surface area contributed by atoms with Gasteiger partial charge in [-0.1, -0.05) is 22.9 Å². The maximum atomic E-state index is 12.1. The van der Waals surface area contributed by atoms with Gasteiger partial charge >= 0.3 is 0 Å². The minimum atomic E-state index is -0.0231. The van der Waals surface area contributed by atoms with Crippen molar-refractivity contribution in [3.63, 3.8) is 0 Å². The number of aryl methyl sites for hydroxylation is 1. The van der Waals surface area contributed by atoms with E-state index in [1.807, 2.05) is 25.1 Å². The minimum absolute atomic E-state index is 0. The van der Waals surface area contributed by atoms with E-state index in [-0.39, 0.29) is 29.9 Å². The minimum Gasteiger partial charge on any atom is -0.356 e. The molecule has 1 aromatic heterocycles. The molecule has 0 aliphatic heterocycles. The molecule has 8 heteroatoms. The van der Waals surface area contributed by atoms with Gasteiger partial charge in [-0.15, -0.1) is 24.0 Å². The van der Waals surface area contributed by atoms with Crippen LogP contribution in [0.2, 0.25) is 0 Å². The van der Waals surface area contributed by atoms with Gasteiger partial charge in [-0.05, 0) is 59.0 Å². The third-order valence-corrected chi connectivity index (χ3v) is 5.21. The summed E-state index contributed by atoms with van der Waals surface area (Å²) in [6.07, 6.45) is 0.371. The Labute approximate surface area is 190 Å². The van der Waals surface area contributed by atoms with Crippen molar-refractivity contribution in [3.8, 4) is 0 Å². The van der Waals surface area contributed by atoms with E-state index in [4.69, 9.17) is 0 Å². The van der Waals surface area contributed by atoms with Gasteiger partial charge < -0.3 is 16.0 Å². The Morgan fingerprint density at radius 3 is 2.70 bits per heavy atom. The standard InChI is InChI=1S/C19H25BrN4OS.HI/c1-13-10-16(20)4-5-17(13)24-18(25)6-8-22-19(21-3)23-11-14(2)15-7-9-26-12-15;/h4-5,7,9-10,12,14H,6,8,11H2,1-3H3,(H,24,25)(H2,21,22,23);1H. The molecular formula is C19H26BrIN4OS. The van der Waals surface area contributed by atoms with E-state index in [1.165, 1.54) is 5.56 Å². The van der Waals surface area contributed by atoms with Crippen LogP contribution in [0.1, 0.15) is 30.4 Å². The van der Waals surface area contributed by atoms with Gasteiger partial charge in [-0.3, -0.25) is 9.79 Å². The molecule has 148 valence electrons. The molecule has 0 bridgehead atoms. The van der Waals surface area contributed by atoms with Crippen LogP contribution in [0.4, 0.5) is 5.69 Å². The van der Waals surface area contributed by atoms with E-state index in [0.29, 0.717) is 24.8 Å². The van der Waals surface area contributed by atoms with Gasteiger partial charge in [0.15, 0.2) is 5.96 Å². The zero-order chi connectivity index (χ0) is 18.9. The lowest BCUT2D eigenvalue weighted by Gasteiger charge is -2.15. The third kappa shape index (κ3) is 8.18. The van der Waals surface area contributed by atoms with Gasteiger partial charge in [0.25, 0.3) is 0 Å². The monoisotopic (exact) mass is 564 g/mol. The van der Waals surface area contributed by atoms with Gasteiger partial charge in [0.1, 0.15) is 0 Å². The molecule has 0 spiro atoms. The van der Waals surface area contributed by atoms with Gasteiger partial charge in [-0.25, -0.2) is 0 Å². The van der Waals surface area contributed by atoms with Gasteiger partial charge in [0.05, 0.1) is 0 Å². The Hall–Kier alpha value is -1.13. The van der Waals surface area contributed by atoms with Gasteiger partial charge in [-0.2, -0.15) is 11.3 Å². The molecule has 2 aromatic rings. The van der Waals surface area contributed by atoms with E-state index in [9.17, 15) is 4.79 Å². The number of aliphatic imine (C=N–C) groups is 1. The molecule has 1 amide bonds. The lowest BCUT2D eigenvalue weighted by atomic mass is 10.1. The maximum absolute atomic E-state index is 12.1. The number of amides is 1. The Morgan fingerprint density at radius 1 is 1.30 bits per heavy atom. The Kier molecular flexibility index (Phi) is 10.9. The molecule has 27 heavy (non-hydrogen) atoms. The largest absolute Gasteiger partial charge is 0.356 e. The number of anilines is 1. The average Bonchev–Trinajstić information content (AvgIpc) is 3.15. The van der Waals surface area contributed by atoms with Crippen LogP contribution in [0.15, 0.2) is 44.5 Å². The first kappa shape index (κ1) is 23.9. The topological polar surface area (TPSA) is 65.5 Å². The molecule has 0 radical (unpaired) electrons. The second-order valence-electron chi connectivity index (χ2n) is 6.10. The zero-order valence-electron chi connectivity index (χ0n) is 15.7. The summed E-state index contributed by atoms with van der Waals surface area (Å²) < 4.78 is 1.00. The highest BCUT2D eigenvalue weighted by molar-refractivity contribution is 14.0. The summed E-state index contributed by atoms with van der Waals surface area (Å²) in [6.45, 7) is 5.46. The predicted molar refractivity (Wildman–Crippen MR) is 130 cm³/mol. The average molecular weight is 565 g/mol. The number of carbonyl (C=O) groups excluding carboxylic acids is 1. The summed E-state index contributed by atoms with van der Waals surface area (Å²) in [6, 6.07) is 7.94. The first-order valence-corrected chi connectivity index (χ1v) is 10.3. The first-order chi connectivity index (χ1) is 12.5. The summed E-state index contributed by atoms with van der Waals surface area (Å²) in [5, 5.41) is 13.7. The van der Waals surface area contributed by atoms with E-state index < -0.39 is 0 Å². The molecule has 3 N–H and O–H groups in total. The van der Waals surface area contributed by atoms with Crippen molar-refractivity contribution in [1.82, 2.24) is 10.6 Å². The van der Waals surface area contributed by atoms with Crippen molar-refractivity contribution < 1.29 is 4.79 Å². The molecule has 1 atom stereocenters. The van der Waals surface area contributed by atoms with Crippen molar-refractivity contribution in [3.05, 3.63) is 50.6 Å². The van der Waals surface area contributed by atoms with Crippen molar-refractivity contribution in [2.75, 3.05) is 25.5 Å². The number of nitrogens with zero attached hydrogens (tertiary/aromatic N) is 1. The quantitative estimate of drug-likeness (QED) is 0.259. The van der Waals surface area contributed by atoms with Crippen LogP contribution >= 0.6 is 51.2 Å². The van der Waals surface area contributed by atoms with E-state index in [0.717, 1.165) is 22.3 Å². The van der Waals surface area contributed by atoms with Crippen molar-refractivity contribution in [2.45, 2.75) is 26.2 Å². The number of hydrogen-bond donors (Lipinski definition) is 3. The Balaban J connectivity index is 0.00000364. The van der Waals surface area contributed by atoms with Crippen molar-refractivity contribution >= 4 is 68.8 Å². The fraction of sp³-hybridized carbons (Fsp3) is 0.368. The number of carbonyl (C=O) groups is 1. The van der Waals surface area contributed by atoms with Crippen LogP contribution in [-0.2, 0) is 4.79 Å². The maximum Gasteiger partial charge on any atom is 0.226 e. The van der Waals surface area contributed by atoms with Gasteiger partial charge in [0.2, 0.25) is 5.91 Å². The summed E-state index contributed by atoms with van der Waals surface area (Å²) in [7, 11) is 1.73. The highest BCUT2D eigenvalue weighted by atomic mass is 127. The molecule has 1 aromatic carbocycles. The molecule has 0 saturated heterocycles. The molecule has 0 fully saturated rings.